The highest BCUT2D eigenvalue weighted by atomic mass is 32.1. The zero-order valence-electron chi connectivity index (χ0n) is 11.2. The monoisotopic (exact) mass is 290 g/mol. The van der Waals surface area contributed by atoms with Gasteiger partial charge in [-0.15, -0.1) is 11.3 Å². The molecule has 1 N–H and O–H groups in total. The van der Waals surface area contributed by atoms with Crippen LogP contribution in [0.5, 0.6) is 0 Å². The molecule has 0 saturated carbocycles. The number of carboxylic acids is 1. The average molecular weight is 290 g/mol. The van der Waals surface area contributed by atoms with Gasteiger partial charge in [0.15, 0.2) is 0 Å². The van der Waals surface area contributed by atoms with E-state index in [0.717, 1.165) is 22.7 Å². The van der Waals surface area contributed by atoms with E-state index in [4.69, 9.17) is 5.11 Å². The molecule has 0 saturated heterocycles. The molecule has 5 nitrogen and oxygen atoms in total. The Morgan fingerprint density at radius 3 is 2.55 bits per heavy atom. The Bertz CT molecular complexity index is 651. The maximum Gasteiger partial charge on any atom is 0.345 e. The second-order valence-electron chi connectivity index (χ2n) is 4.40. The normalized spacial score (nSPS) is 10.3. The summed E-state index contributed by atoms with van der Waals surface area (Å²) in [5.41, 5.74) is 1.70. The maximum atomic E-state index is 12.2. The molecule has 2 aromatic heterocycles. The molecule has 0 fully saturated rings. The maximum absolute atomic E-state index is 12.2. The number of aromatic carboxylic acids is 1. The number of rotatable bonds is 4. The smallest absolute Gasteiger partial charge is 0.345 e. The van der Waals surface area contributed by atoms with Crippen LogP contribution in [0.2, 0.25) is 0 Å². The van der Waals surface area contributed by atoms with Gasteiger partial charge >= 0.3 is 5.97 Å². The molecule has 0 aromatic carbocycles. The van der Waals surface area contributed by atoms with Crippen LogP contribution in [0.1, 0.15) is 30.7 Å². The number of carbonyl (C=O) groups excluding carboxylic acids is 1. The molecule has 0 radical (unpaired) electrons. The first-order chi connectivity index (χ1) is 9.47. The molecule has 0 aliphatic rings. The number of amides is 1. The van der Waals surface area contributed by atoms with Gasteiger partial charge in [-0.25, -0.2) is 4.79 Å². The van der Waals surface area contributed by atoms with Crippen LogP contribution < -0.4 is 0 Å². The molecule has 0 spiro atoms. The van der Waals surface area contributed by atoms with Crippen molar-refractivity contribution in [1.82, 2.24) is 9.88 Å². The SMILES string of the molecule is Cc1cccc(CN(C)C(=O)c2ccc(C(=O)O)s2)n1. The molecule has 0 unspecified atom stereocenters. The fourth-order valence-electron chi connectivity index (χ4n) is 1.76. The summed E-state index contributed by atoms with van der Waals surface area (Å²) in [4.78, 5) is 29.4. The van der Waals surface area contributed by atoms with Crippen LogP contribution in [0, 0.1) is 6.92 Å². The number of hydrogen-bond acceptors (Lipinski definition) is 4. The Balaban J connectivity index is 2.10. The first-order valence-corrected chi connectivity index (χ1v) is 6.80. The molecule has 0 bridgehead atoms. The van der Waals surface area contributed by atoms with E-state index in [0.29, 0.717) is 11.4 Å². The topological polar surface area (TPSA) is 70.5 Å². The molecular weight excluding hydrogens is 276 g/mol. The summed E-state index contributed by atoms with van der Waals surface area (Å²) in [7, 11) is 1.67. The summed E-state index contributed by atoms with van der Waals surface area (Å²) in [5, 5.41) is 8.86. The van der Waals surface area contributed by atoms with Gasteiger partial charge in [-0.3, -0.25) is 9.78 Å². The molecule has 0 aliphatic heterocycles. The van der Waals surface area contributed by atoms with Crippen molar-refractivity contribution in [2.45, 2.75) is 13.5 Å². The second-order valence-corrected chi connectivity index (χ2v) is 5.48. The molecule has 104 valence electrons. The van der Waals surface area contributed by atoms with Gasteiger partial charge < -0.3 is 10.0 Å². The number of aryl methyl sites for hydroxylation is 1. The molecule has 1 amide bonds. The van der Waals surface area contributed by atoms with Crippen LogP contribution in [0.25, 0.3) is 0 Å². The number of pyridine rings is 1. The van der Waals surface area contributed by atoms with Crippen molar-refractivity contribution in [3.8, 4) is 0 Å². The lowest BCUT2D eigenvalue weighted by Gasteiger charge is -2.15. The Labute approximate surface area is 120 Å². The highest BCUT2D eigenvalue weighted by molar-refractivity contribution is 7.15. The minimum absolute atomic E-state index is 0.162. The number of carbonyl (C=O) groups is 2. The van der Waals surface area contributed by atoms with Gasteiger partial charge in [0.2, 0.25) is 0 Å². The fraction of sp³-hybridized carbons (Fsp3) is 0.214. The van der Waals surface area contributed by atoms with Gasteiger partial charge in [-0.2, -0.15) is 0 Å². The molecule has 0 aliphatic carbocycles. The lowest BCUT2D eigenvalue weighted by molar-refractivity contribution is 0.0701. The summed E-state index contributed by atoms with van der Waals surface area (Å²) in [6.45, 7) is 2.28. The van der Waals surface area contributed by atoms with Crippen LogP contribution in [0.3, 0.4) is 0 Å². The van der Waals surface area contributed by atoms with Crippen molar-refractivity contribution in [2.75, 3.05) is 7.05 Å². The van der Waals surface area contributed by atoms with E-state index in [1.807, 2.05) is 25.1 Å². The first kappa shape index (κ1) is 14.2. The molecule has 6 heteroatoms. The Kier molecular flexibility index (Phi) is 4.14. The lowest BCUT2D eigenvalue weighted by Crippen LogP contribution is -2.25. The van der Waals surface area contributed by atoms with Gasteiger partial charge in [0.25, 0.3) is 5.91 Å². The third kappa shape index (κ3) is 3.21. The Morgan fingerprint density at radius 1 is 1.25 bits per heavy atom. The van der Waals surface area contributed by atoms with Crippen molar-refractivity contribution in [1.29, 1.82) is 0 Å². The van der Waals surface area contributed by atoms with Gasteiger partial charge in [0.1, 0.15) is 4.88 Å². The molecule has 20 heavy (non-hydrogen) atoms. The van der Waals surface area contributed by atoms with Gasteiger partial charge in [0.05, 0.1) is 17.1 Å². The van der Waals surface area contributed by atoms with Gasteiger partial charge in [-0.1, -0.05) is 6.07 Å². The van der Waals surface area contributed by atoms with Crippen molar-refractivity contribution in [3.63, 3.8) is 0 Å². The largest absolute Gasteiger partial charge is 0.477 e. The summed E-state index contributed by atoms with van der Waals surface area (Å²) in [5.74, 6) is -1.22. The number of thiophene rings is 1. The molecule has 2 rings (SSSR count). The van der Waals surface area contributed by atoms with Crippen molar-refractivity contribution >= 4 is 23.2 Å². The predicted molar refractivity (Wildman–Crippen MR) is 76.0 cm³/mol. The van der Waals surface area contributed by atoms with Gasteiger partial charge in [-0.05, 0) is 31.2 Å². The standard InChI is InChI=1S/C14H14N2O3S/c1-9-4-3-5-10(15-9)8-16(2)13(17)11-6-7-12(20-11)14(18)19/h3-7H,8H2,1-2H3,(H,18,19). The molecule has 2 heterocycles. The highest BCUT2D eigenvalue weighted by Gasteiger charge is 2.17. The number of hydrogen-bond donors (Lipinski definition) is 1. The number of nitrogens with zero attached hydrogens (tertiary/aromatic N) is 2. The van der Waals surface area contributed by atoms with E-state index in [1.165, 1.54) is 17.0 Å². The summed E-state index contributed by atoms with van der Waals surface area (Å²) >= 11 is 0.980. The lowest BCUT2D eigenvalue weighted by atomic mass is 10.3. The number of carboxylic acid groups (broad SMARTS) is 1. The zero-order chi connectivity index (χ0) is 14.7. The quantitative estimate of drug-likeness (QED) is 0.938. The van der Waals surface area contributed by atoms with Crippen LogP contribution in [-0.4, -0.2) is 33.9 Å². The van der Waals surface area contributed by atoms with Gasteiger partial charge in [0, 0.05) is 12.7 Å². The Hall–Kier alpha value is -2.21. The van der Waals surface area contributed by atoms with E-state index in [9.17, 15) is 9.59 Å². The highest BCUT2D eigenvalue weighted by Crippen LogP contribution is 2.18. The third-order valence-electron chi connectivity index (χ3n) is 2.72. The Morgan fingerprint density at radius 2 is 1.95 bits per heavy atom. The van der Waals surface area contributed by atoms with E-state index in [-0.39, 0.29) is 10.8 Å². The predicted octanol–water partition coefficient (Wildman–Crippen LogP) is 2.42. The van der Waals surface area contributed by atoms with Crippen LogP contribution in [-0.2, 0) is 6.54 Å². The second kappa shape index (κ2) is 5.83. The van der Waals surface area contributed by atoms with Crippen molar-refractivity contribution in [2.24, 2.45) is 0 Å². The molecule has 2 aromatic rings. The summed E-state index contributed by atoms with van der Waals surface area (Å²) in [6, 6.07) is 8.62. The van der Waals surface area contributed by atoms with Crippen molar-refractivity contribution < 1.29 is 14.7 Å². The van der Waals surface area contributed by atoms with Crippen LogP contribution in [0.15, 0.2) is 30.3 Å². The first-order valence-electron chi connectivity index (χ1n) is 5.98. The zero-order valence-corrected chi connectivity index (χ0v) is 12.0. The third-order valence-corrected chi connectivity index (χ3v) is 3.78. The minimum atomic E-state index is -1.02. The summed E-state index contributed by atoms with van der Waals surface area (Å²) in [6.07, 6.45) is 0. The molecule has 0 atom stereocenters. The summed E-state index contributed by atoms with van der Waals surface area (Å²) < 4.78 is 0. The van der Waals surface area contributed by atoms with Crippen LogP contribution in [0.4, 0.5) is 0 Å². The molecular formula is C14H14N2O3S. The van der Waals surface area contributed by atoms with Crippen LogP contribution >= 0.6 is 11.3 Å². The van der Waals surface area contributed by atoms with E-state index < -0.39 is 5.97 Å². The van der Waals surface area contributed by atoms with E-state index >= 15 is 0 Å². The fourth-order valence-corrected chi connectivity index (χ4v) is 2.60. The minimum Gasteiger partial charge on any atom is -0.477 e. The van der Waals surface area contributed by atoms with Crippen molar-refractivity contribution in [3.05, 3.63) is 51.5 Å². The average Bonchev–Trinajstić information content (AvgIpc) is 2.87. The van der Waals surface area contributed by atoms with E-state index in [2.05, 4.69) is 4.98 Å². The number of aromatic nitrogens is 1. The van der Waals surface area contributed by atoms with E-state index in [1.54, 1.807) is 7.05 Å².